The molecule has 1 aromatic rings. The third kappa shape index (κ3) is 5.92. The zero-order valence-corrected chi connectivity index (χ0v) is 15.2. The minimum atomic E-state index is -1.53. The van der Waals surface area contributed by atoms with Gasteiger partial charge in [-0.3, -0.25) is 6.08 Å². The van der Waals surface area contributed by atoms with Crippen molar-refractivity contribution >= 4 is 8.32 Å². The van der Waals surface area contributed by atoms with Crippen LogP contribution in [0, 0.1) is 6.08 Å². The summed E-state index contributed by atoms with van der Waals surface area (Å²) in [4.78, 5) is 0. The standard InChI is InChI=1S/C17H23OSi.Ti/c1-19(2,3)18-17(16-11-5-4-6-12-16)14-13-15-9-7-8-10-15;/h4-7,9,11-12,17H,8,13-14H2,1-3H3;/q-1;. The average Bonchev–Trinajstić information content (AvgIpc) is 2.87. The number of rotatable bonds is 6. The van der Waals surface area contributed by atoms with Crippen molar-refractivity contribution in [1.29, 1.82) is 0 Å². The Balaban J connectivity index is 0.00000200. The van der Waals surface area contributed by atoms with E-state index in [1.807, 2.05) is 0 Å². The monoisotopic (exact) mass is 319 g/mol. The molecule has 0 bridgehead atoms. The number of hydrogen-bond acceptors (Lipinski definition) is 1. The van der Waals surface area contributed by atoms with Crippen LogP contribution in [-0.4, -0.2) is 8.32 Å². The second-order valence-electron chi connectivity index (χ2n) is 5.98. The van der Waals surface area contributed by atoms with Crippen molar-refractivity contribution in [2.24, 2.45) is 0 Å². The zero-order chi connectivity index (χ0) is 13.7. The largest absolute Gasteiger partial charge is 0.411 e. The van der Waals surface area contributed by atoms with Gasteiger partial charge >= 0.3 is 0 Å². The Bertz CT molecular complexity index is 460. The topological polar surface area (TPSA) is 9.23 Å². The smallest absolute Gasteiger partial charge is 0.184 e. The van der Waals surface area contributed by atoms with Gasteiger partial charge in [0.15, 0.2) is 8.32 Å². The molecule has 0 spiro atoms. The molecule has 1 nitrogen and oxygen atoms in total. The molecule has 0 heterocycles. The molecule has 0 N–H and O–H groups in total. The van der Waals surface area contributed by atoms with E-state index in [1.54, 1.807) is 0 Å². The van der Waals surface area contributed by atoms with Crippen LogP contribution in [0.15, 0.2) is 48.1 Å². The Kier molecular flexibility index (Phi) is 7.18. The first-order valence-electron chi connectivity index (χ1n) is 7.03. The fourth-order valence-corrected chi connectivity index (χ4v) is 3.40. The summed E-state index contributed by atoms with van der Waals surface area (Å²) in [6.07, 6.45) is 11.0. The molecule has 1 aromatic carbocycles. The maximum absolute atomic E-state index is 6.36. The van der Waals surface area contributed by atoms with Gasteiger partial charge in [0.2, 0.25) is 0 Å². The fraction of sp³-hybridized carbons (Fsp3) is 0.412. The van der Waals surface area contributed by atoms with Crippen molar-refractivity contribution in [1.82, 2.24) is 0 Å². The average molecular weight is 319 g/mol. The summed E-state index contributed by atoms with van der Waals surface area (Å²) in [6, 6.07) is 10.6. The SMILES string of the molecule is C[Si](C)(C)OC(CCC1=[C-]CC=C1)c1ccccc1.[Ti]. The molecule has 0 saturated carbocycles. The van der Waals surface area contributed by atoms with E-state index in [0.29, 0.717) is 0 Å². The van der Waals surface area contributed by atoms with Crippen LogP contribution < -0.4 is 0 Å². The number of hydrogen-bond donors (Lipinski definition) is 0. The van der Waals surface area contributed by atoms with Crippen molar-refractivity contribution < 1.29 is 26.1 Å². The Labute approximate surface area is 139 Å². The molecule has 2 rings (SSSR count). The van der Waals surface area contributed by atoms with Gasteiger partial charge in [-0.1, -0.05) is 36.8 Å². The summed E-state index contributed by atoms with van der Waals surface area (Å²) in [5.74, 6) is 0. The normalized spacial score (nSPS) is 15.7. The zero-order valence-electron chi connectivity index (χ0n) is 12.6. The third-order valence-electron chi connectivity index (χ3n) is 3.11. The Morgan fingerprint density at radius 1 is 1.20 bits per heavy atom. The molecule has 1 aliphatic rings. The molecule has 0 fully saturated rings. The fourth-order valence-electron chi connectivity index (χ4n) is 2.30. The summed E-state index contributed by atoms with van der Waals surface area (Å²) < 4.78 is 6.36. The molecule has 0 radical (unpaired) electrons. The first kappa shape index (κ1) is 17.6. The molecule has 3 heteroatoms. The maximum atomic E-state index is 6.36. The Hall–Kier alpha value is -0.409. The summed E-state index contributed by atoms with van der Waals surface area (Å²) >= 11 is 0. The van der Waals surface area contributed by atoms with E-state index in [4.69, 9.17) is 4.43 Å². The van der Waals surface area contributed by atoms with E-state index in [-0.39, 0.29) is 27.8 Å². The summed E-state index contributed by atoms with van der Waals surface area (Å²) in [5.41, 5.74) is 2.63. The molecule has 1 unspecified atom stereocenters. The summed E-state index contributed by atoms with van der Waals surface area (Å²) in [7, 11) is -1.53. The molecule has 1 atom stereocenters. The van der Waals surface area contributed by atoms with Crippen LogP contribution in [0.2, 0.25) is 19.6 Å². The van der Waals surface area contributed by atoms with Gasteiger partial charge in [0.1, 0.15) is 0 Å². The van der Waals surface area contributed by atoms with Gasteiger partial charge in [-0.05, 0) is 31.6 Å². The van der Waals surface area contributed by atoms with Crippen molar-refractivity contribution in [2.75, 3.05) is 0 Å². The first-order valence-corrected chi connectivity index (χ1v) is 10.4. The molecular formula is C17H23OSiTi-. The van der Waals surface area contributed by atoms with Crippen molar-refractivity contribution in [3.05, 3.63) is 59.7 Å². The predicted molar refractivity (Wildman–Crippen MR) is 83.4 cm³/mol. The maximum Gasteiger partial charge on any atom is 0.184 e. The second kappa shape index (κ2) is 8.14. The number of allylic oxidation sites excluding steroid dienone is 4. The van der Waals surface area contributed by atoms with E-state index >= 15 is 0 Å². The van der Waals surface area contributed by atoms with E-state index < -0.39 is 8.32 Å². The molecule has 106 valence electrons. The molecule has 0 saturated heterocycles. The first-order chi connectivity index (χ1) is 9.04. The Morgan fingerprint density at radius 3 is 2.45 bits per heavy atom. The Morgan fingerprint density at radius 2 is 1.90 bits per heavy atom. The van der Waals surface area contributed by atoms with Gasteiger partial charge in [0.25, 0.3) is 0 Å². The van der Waals surface area contributed by atoms with Gasteiger partial charge in [-0.25, -0.2) is 11.6 Å². The van der Waals surface area contributed by atoms with Crippen LogP contribution in [0.1, 0.15) is 30.9 Å². The molecular weight excluding hydrogens is 296 g/mol. The van der Waals surface area contributed by atoms with E-state index in [2.05, 4.69) is 68.2 Å². The van der Waals surface area contributed by atoms with Gasteiger partial charge in [0, 0.05) is 21.7 Å². The van der Waals surface area contributed by atoms with Crippen molar-refractivity contribution in [3.8, 4) is 0 Å². The van der Waals surface area contributed by atoms with Crippen LogP contribution in [0.25, 0.3) is 0 Å². The molecule has 0 aliphatic heterocycles. The minimum Gasteiger partial charge on any atom is -0.411 e. The van der Waals surface area contributed by atoms with E-state index in [9.17, 15) is 0 Å². The van der Waals surface area contributed by atoms with Crippen LogP contribution >= 0.6 is 0 Å². The molecule has 1 aliphatic carbocycles. The van der Waals surface area contributed by atoms with Crippen LogP contribution in [0.5, 0.6) is 0 Å². The van der Waals surface area contributed by atoms with Crippen LogP contribution in [-0.2, 0) is 26.1 Å². The van der Waals surface area contributed by atoms with Gasteiger partial charge in [-0.2, -0.15) is 6.08 Å². The minimum absolute atomic E-state index is 0. The molecule has 20 heavy (non-hydrogen) atoms. The van der Waals surface area contributed by atoms with Gasteiger partial charge < -0.3 is 4.43 Å². The third-order valence-corrected chi connectivity index (χ3v) is 4.10. The molecule has 0 amide bonds. The van der Waals surface area contributed by atoms with Crippen molar-refractivity contribution in [2.45, 2.75) is 45.0 Å². The quantitative estimate of drug-likeness (QED) is 0.527. The van der Waals surface area contributed by atoms with E-state index in [1.165, 1.54) is 11.1 Å². The molecule has 0 aromatic heterocycles. The van der Waals surface area contributed by atoms with Crippen LogP contribution in [0.3, 0.4) is 0 Å². The number of benzene rings is 1. The van der Waals surface area contributed by atoms with E-state index in [0.717, 1.165) is 19.3 Å². The summed E-state index contributed by atoms with van der Waals surface area (Å²) in [6.45, 7) is 6.76. The van der Waals surface area contributed by atoms with Crippen molar-refractivity contribution in [3.63, 3.8) is 0 Å². The van der Waals surface area contributed by atoms with Gasteiger partial charge in [-0.15, -0.1) is 6.42 Å². The predicted octanol–water partition coefficient (Wildman–Crippen LogP) is 5.05. The van der Waals surface area contributed by atoms with Crippen LogP contribution in [0.4, 0.5) is 0 Å². The van der Waals surface area contributed by atoms with Gasteiger partial charge in [0.05, 0.1) is 6.10 Å². The second-order valence-corrected chi connectivity index (χ2v) is 10.4. The summed E-state index contributed by atoms with van der Waals surface area (Å²) in [5, 5.41) is 0.